The largest absolute Gasteiger partial charge is 0.0776 e. The molecule has 0 amide bonds. The highest BCUT2D eigenvalue weighted by Gasteiger charge is 2.20. The first-order valence-electron chi connectivity index (χ1n) is 18.4. The first kappa shape index (κ1) is 33.1. The van der Waals surface area contributed by atoms with Gasteiger partial charge in [-0.3, -0.25) is 0 Å². The molecule has 0 aliphatic carbocycles. The van der Waals surface area contributed by atoms with Crippen LogP contribution in [0.2, 0.25) is 0 Å². The molecule has 0 saturated heterocycles. The van der Waals surface area contributed by atoms with Crippen molar-refractivity contribution in [1.29, 1.82) is 0 Å². The lowest BCUT2D eigenvalue weighted by Crippen LogP contribution is -1.95. The summed E-state index contributed by atoms with van der Waals surface area (Å²) in [4.78, 5) is 0. The summed E-state index contributed by atoms with van der Waals surface area (Å²) in [5.74, 6) is 0. The van der Waals surface area contributed by atoms with Crippen LogP contribution in [-0.2, 0) is 0 Å². The fourth-order valence-corrected chi connectivity index (χ4v) is 8.51. The molecule has 0 unspecified atom stereocenters. The molecule has 0 atom stereocenters. The molecule has 0 saturated carbocycles. The van der Waals surface area contributed by atoms with E-state index in [-0.39, 0.29) is 7.43 Å². The highest BCUT2D eigenvalue weighted by molar-refractivity contribution is 6.25. The Labute approximate surface area is 317 Å². The van der Waals surface area contributed by atoms with Gasteiger partial charge in [-0.2, -0.15) is 0 Å². The molecule has 0 N–H and O–H groups in total. The molecule has 0 heterocycles. The van der Waals surface area contributed by atoms with Crippen LogP contribution in [0, 0.1) is 0 Å². The van der Waals surface area contributed by atoms with Crippen molar-refractivity contribution in [2.75, 3.05) is 0 Å². The van der Waals surface area contributed by atoms with Gasteiger partial charge in [-0.25, -0.2) is 0 Å². The van der Waals surface area contributed by atoms with Crippen LogP contribution in [-0.4, -0.2) is 0 Å². The summed E-state index contributed by atoms with van der Waals surface area (Å²) in [7, 11) is 0. The van der Waals surface area contributed by atoms with Crippen molar-refractivity contribution in [3.05, 3.63) is 205 Å². The second kappa shape index (κ2) is 13.7. The maximum Gasteiger partial charge on any atom is -0.00197 e. The summed E-state index contributed by atoms with van der Waals surface area (Å²) >= 11 is 0. The molecule has 0 aliphatic heterocycles. The van der Waals surface area contributed by atoms with Crippen LogP contribution >= 0.6 is 0 Å². The van der Waals surface area contributed by atoms with Gasteiger partial charge in [0.25, 0.3) is 0 Å². The maximum atomic E-state index is 2.44. The van der Waals surface area contributed by atoms with Gasteiger partial charge in [0.15, 0.2) is 0 Å². The molecule has 10 rings (SSSR count). The minimum Gasteiger partial charge on any atom is -0.0776 e. The smallest absolute Gasteiger partial charge is 0.00197 e. The number of rotatable bonds is 5. The third kappa shape index (κ3) is 5.56. The van der Waals surface area contributed by atoms with Crippen molar-refractivity contribution in [2.45, 2.75) is 14.4 Å². The van der Waals surface area contributed by atoms with Gasteiger partial charge in [-0.1, -0.05) is 189 Å². The predicted molar refractivity (Wildman–Crippen MR) is 237 cm³/mol. The molecule has 10 aromatic rings. The van der Waals surface area contributed by atoms with Crippen molar-refractivity contribution in [1.82, 2.24) is 0 Å². The standard InChI is InChI=1S/C53H36.CH4/c1-35(31-41-19-7-9-21-43(41)37-16-3-2-4-17-37)52-47-25-13-14-26-48(47)53(50-34-42-20-8-10-22-44(42)45-23-11-12-24-46(45)50)51-33-40(29-30-49(51)52)39-28-27-36-15-5-6-18-38(36)32-39;/h2-34H,1H3;1H4/b35-31+;. The average Bonchev–Trinajstić information content (AvgIpc) is 3.22. The Hall–Kier alpha value is -6.76. The lowest BCUT2D eigenvalue weighted by molar-refractivity contribution is 1.58. The van der Waals surface area contributed by atoms with Crippen LogP contribution in [0.3, 0.4) is 0 Å². The predicted octanol–water partition coefficient (Wildman–Crippen LogP) is 15.7. The zero-order chi connectivity index (χ0) is 35.3. The SMILES string of the molecule is C.C/C(=C\c1ccccc1-c1ccccc1)c1c2ccccc2c(-c2cc3ccccc3c3ccccc23)c2cc(-c3ccc4ccccc4c3)ccc12. The number of hydrogen-bond acceptors (Lipinski definition) is 0. The van der Waals surface area contributed by atoms with Gasteiger partial charge in [0.2, 0.25) is 0 Å². The van der Waals surface area contributed by atoms with Gasteiger partial charge in [0.05, 0.1) is 0 Å². The summed E-state index contributed by atoms with van der Waals surface area (Å²) in [5.41, 5.74) is 11.2. The minimum atomic E-state index is 0. The molecule has 54 heavy (non-hydrogen) atoms. The van der Waals surface area contributed by atoms with E-state index in [4.69, 9.17) is 0 Å². The first-order valence-corrected chi connectivity index (χ1v) is 18.4. The summed E-state index contributed by atoms with van der Waals surface area (Å²) in [6.45, 7) is 2.28. The maximum absolute atomic E-state index is 2.44. The summed E-state index contributed by atoms with van der Waals surface area (Å²) in [6, 6.07) is 71.2. The van der Waals surface area contributed by atoms with Crippen LogP contribution < -0.4 is 0 Å². The third-order valence-corrected chi connectivity index (χ3v) is 11.0. The normalized spacial score (nSPS) is 11.8. The molecule has 0 spiro atoms. The van der Waals surface area contributed by atoms with Crippen LogP contribution in [0.4, 0.5) is 0 Å². The van der Waals surface area contributed by atoms with Gasteiger partial charge in [0, 0.05) is 0 Å². The minimum absolute atomic E-state index is 0. The van der Waals surface area contributed by atoms with E-state index in [2.05, 4.69) is 207 Å². The Morgan fingerprint density at radius 1 is 0.352 bits per heavy atom. The monoisotopic (exact) mass is 688 g/mol. The molecule has 0 heteroatoms. The van der Waals surface area contributed by atoms with Crippen LogP contribution in [0.5, 0.6) is 0 Å². The van der Waals surface area contributed by atoms with E-state index in [1.165, 1.54) is 104 Å². The summed E-state index contributed by atoms with van der Waals surface area (Å²) in [5, 5.41) is 12.6. The molecule has 0 aliphatic rings. The van der Waals surface area contributed by atoms with Gasteiger partial charge in [-0.15, -0.1) is 0 Å². The molecule has 0 aromatic heterocycles. The van der Waals surface area contributed by atoms with E-state index in [9.17, 15) is 0 Å². The van der Waals surface area contributed by atoms with Crippen LogP contribution in [0.1, 0.15) is 25.5 Å². The van der Waals surface area contributed by atoms with E-state index in [1.54, 1.807) is 0 Å². The molecular weight excluding hydrogens is 649 g/mol. The summed E-state index contributed by atoms with van der Waals surface area (Å²) < 4.78 is 0. The molecule has 0 bridgehead atoms. The van der Waals surface area contributed by atoms with Crippen molar-refractivity contribution < 1.29 is 0 Å². The Morgan fingerprint density at radius 3 is 1.74 bits per heavy atom. The Morgan fingerprint density at radius 2 is 0.926 bits per heavy atom. The number of benzene rings is 10. The van der Waals surface area contributed by atoms with E-state index >= 15 is 0 Å². The Bertz CT molecular complexity index is 3050. The molecule has 0 radical (unpaired) electrons. The zero-order valence-corrected chi connectivity index (χ0v) is 29.6. The van der Waals surface area contributed by atoms with Crippen molar-refractivity contribution in [3.8, 4) is 33.4 Å². The van der Waals surface area contributed by atoms with Crippen LogP contribution in [0.15, 0.2) is 194 Å². The van der Waals surface area contributed by atoms with Crippen molar-refractivity contribution >= 4 is 65.5 Å². The molecule has 256 valence electrons. The third-order valence-electron chi connectivity index (χ3n) is 11.0. The lowest BCUT2D eigenvalue weighted by Gasteiger charge is -2.21. The van der Waals surface area contributed by atoms with Gasteiger partial charge >= 0.3 is 0 Å². The Balaban J connectivity index is 0.00000384. The van der Waals surface area contributed by atoms with Crippen molar-refractivity contribution in [2.24, 2.45) is 0 Å². The fraction of sp³-hybridized carbons (Fsp3) is 0.0370. The molecule has 10 aromatic carbocycles. The van der Waals surface area contributed by atoms with Gasteiger partial charge < -0.3 is 0 Å². The van der Waals surface area contributed by atoms with Crippen molar-refractivity contribution in [3.63, 3.8) is 0 Å². The topological polar surface area (TPSA) is 0 Å². The van der Waals surface area contributed by atoms with Gasteiger partial charge in [0.1, 0.15) is 0 Å². The highest BCUT2D eigenvalue weighted by atomic mass is 14.2. The second-order valence-corrected chi connectivity index (χ2v) is 14.1. The van der Waals surface area contributed by atoms with E-state index in [0.29, 0.717) is 0 Å². The highest BCUT2D eigenvalue weighted by Crippen LogP contribution is 2.46. The van der Waals surface area contributed by atoms with Crippen LogP contribution in [0.25, 0.3) is 98.9 Å². The zero-order valence-electron chi connectivity index (χ0n) is 29.6. The number of allylic oxidation sites excluding steroid dienone is 1. The molecular formula is C54H40. The lowest BCUT2D eigenvalue weighted by atomic mass is 9.82. The average molecular weight is 689 g/mol. The fourth-order valence-electron chi connectivity index (χ4n) is 8.51. The van der Waals surface area contributed by atoms with E-state index in [0.717, 1.165) is 0 Å². The number of hydrogen-bond donors (Lipinski definition) is 0. The molecule has 0 fully saturated rings. The molecule has 0 nitrogen and oxygen atoms in total. The first-order chi connectivity index (χ1) is 26.2. The summed E-state index contributed by atoms with van der Waals surface area (Å²) in [6.07, 6.45) is 2.38. The quantitative estimate of drug-likeness (QED) is 0.0959. The van der Waals surface area contributed by atoms with E-state index < -0.39 is 0 Å². The number of fused-ring (bicyclic) bond motifs is 6. The van der Waals surface area contributed by atoms with E-state index in [1.807, 2.05) is 0 Å². The second-order valence-electron chi connectivity index (χ2n) is 14.1. The Kier molecular flexibility index (Phi) is 8.37. The van der Waals surface area contributed by atoms with Gasteiger partial charge in [-0.05, 0) is 129 Å².